The standard InChI is InChI=1S/C24H22FN3O/c1-3-16-6-7-17(11-21(16)13-26-2)18-8-9-19(22(25)12-18)14-28-15-20-5-4-10-27-23(20)24(28)29/h4-13H,3,14-15H2,1-2H3. The van der Waals surface area contributed by atoms with Gasteiger partial charge in [0, 0.05) is 43.7 Å². The highest BCUT2D eigenvalue weighted by molar-refractivity contribution is 5.96. The fourth-order valence-electron chi connectivity index (χ4n) is 3.73. The van der Waals surface area contributed by atoms with Crippen LogP contribution in [-0.2, 0) is 19.5 Å². The predicted molar refractivity (Wildman–Crippen MR) is 113 cm³/mol. The van der Waals surface area contributed by atoms with Crippen molar-refractivity contribution in [2.45, 2.75) is 26.4 Å². The lowest BCUT2D eigenvalue weighted by Gasteiger charge is -2.16. The number of aryl methyl sites for hydroxylation is 1. The van der Waals surface area contributed by atoms with Gasteiger partial charge in [0.15, 0.2) is 0 Å². The van der Waals surface area contributed by atoms with Gasteiger partial charge in [0.2, 0.25) is 0 Å². The van der Waals surface area contributed by atoms with Crippen molar-refractivity contribution in [1.29, 1.82) is 0 Å². The molecule has 0 fully saturated rings. The third kappa shape index (κ3) is 3.68. The SMILES string of the molecule is CCc1ccc(-c2ccc(CN3Cc4cccnc4C3=O)c(F)c2)cc1C=NC. The molecular formula is C24H22FN3O. The fraction of sp³-hybridized carbons (Fsp3) is 0.208. The number of nitrogens with zero attached hydrogens (tertiary/aromatic N) is 3. The molecule has 5 heteroatoms. The van der Waals surface area contributed by atoms with Crippen LogP contribution in [0.4, 0.5) is 4.39 Å². The minimum absolute atomic E-state index is 0.150. The van der Waals surface area contributed by atoms with Crippen LogP contribution in [0.3, 0.4) is 0 Å². The number of halogens is 1. The van der Waals surface area contributed by atoms with Crippen LogP contribution in [0.2, 0.25) is 0 Å². The molecule has 146 valence electrons. The first-order valence-electron chi connectivity index (χ1n) is 9.67. The van der Waals surface area contributed by atoms with Crippen LogP contribution in [0.1, 0.15) is 39.7 Å². The van der Waals surface area contributed by atoms with E-state index in [1.165, 1.54) is 11.6 Å². The maximum Gasteiger partial charge on any atom is 0.273 e. The average Bonchev–Trinajstić information content (AvgIpc) is 3.05. The van der Waals surface area contributed by atoms with Crippen LogP contribution in [0.15, 0.2) is 59.7 Å². The first kappa shape index (κ1) is 19.0. The summed E-state index contributed by atoms with van der Waals surface area (Å²) in [6, 6.07) is 15.0. The maximum absolute atomic E-state index is 14.9. The van der Waals surface area contributed by atoms with E-state index in [-0.39, 0.29) is 18.3 Å². The topological polar surface area (TPSA) is 45.6 Å². The Labute approximate surface area is 169 Å². The molecule has 1 aliphatic rings. The number of aliphatic imine (C=N–C) groups is 1. The summed E-state index contributed by atoms with van der Waals surface area (Å²) in [5, 5.41) is 0. The van der Waals surface area contributed by atoms with Crippen LogP contribution in [-0.4, -0.2) is 29.1 Å². The highest BCUT2D eigenvalue weighted by Crippen LogP contribution is 2.27. The third-order valence-electron chi connectivity index (χ3n) is 5.28. The summed E-state index contributed by atoms with van der Waals surface area (Å²) < 4.78 is 14.9. The lowest BCUT2D eigenvalue weighted by molar-refractivity contribution is 0.0761. The van der Waals surface area contributed by atoms with Gasteiger partial charge in [0.1, 0.15) is 11.5 Å². The van der Waals surface area contributed by atoms with Gasteiger partial charge in [-0.25, -0.2) is 4.39 Å². The van der Waals surface area contributed by atoms with Crippen molar-refractivity contribution in [2.24, 2.45) is 4.99 Å². The lowest BCUT2D eigenvalue weighted by atomic mass is 9.97. The van der Waals surface area contributed by atoms with Gasteiger partial charge in [0.25, 0.3) is 5.91 Å². The Bertz CT molecular complexity index is 1110. The first-order chi connectivity index (χ1) is 14.1. The zero-order chi connectivity index (χ0) is 20.4. The number of aromatic nitrogens is 1. The van der Waals surface area contributed by atoms with Gasteiger partial charge < -0.3 is 4.90 Å². The van der Waals surface area contributed by atoms with Crippen molar-refractivity contribution >= 4 is 12.1 Å². The van der Waals surface area contributed by atoms with E-state index in [1.54, 1.807) is 24.2 Å². The number of carbonyl (C=O) groups is 1. The summed E-state index contributed by atoms with van der Waals surface area (Å²) >= 11 is 0. The summed E-state index contributed by atoms with van der Waals surface area (Å²) in [4.78, 5) is 22.4. The number of amides is 1. The zero-order valence-electron chi connectivity index (χ0n) is 16.5. The number of hydrogen-bond acceptors (Lipinski definition) is 3. The summed E-state index contributed by atoms with van der Waals surface area (Å²) in [7, 11) is 1.74. The molecular weight excluding hydrogens is 365 g/mol. The second kappa shape index (κ2) is 7.95. The van der Waals surface area contributed by atoms with Crippen molar-refractivity contribution < 1.29 is 9.18 Å². The molecule has 29 heavy (non-hydrogen) atoms. The van der Waals surface area contributed by atoms with Gasteiger partial charge in [-0.05, 0) is 46.9 Å². The Morgan fingerprint density at radius 2 is 1.90 bits per heavy atom. The molecule has 1 aromatic heterocycles. The normalized spacial score (nSPS) is 13.3. The molecule has 0 spiro atoms. The van der Waals surface area contributed by atoms with Gasteiger partial charge >= 0.3 is 0 Å². The van der Waals surface area contributed by atoms with E-state index in [4.69, 9.17) is 0 Å². The van der Waals surface area contributed by atoms with E-state index >= 15 is 0 Å². The molecule has 3 aromatic rings. The van der Waals surface area contributed by atoms with Gasteiger partial charge in [-0.2, -0.15) is 0 Å². The van der Waals surface area contributed by atoms with E-state index in [0.717, 1.165) is 28.7 Å². The van der Waals surface area contributed by atoms with Crippen LogP contribution in [0.25, 0.3) is 11.1 Å². The predicted octanol–water partition coefficient (Wildman–Crippen LogP) is 4.65. The van der Waals surface area contributed by atoms with E-state index in [9.17, 15) is 9.18 Å². The van der Waals surface area contributed by atoms with Crippen LogP contribution >= 0.6 is 0 Å². The number of fused-ring (bicyclic) bond motifs is 1. The molecule has 4 nitrogen and oxygen atoms in total. The minimum atomic E-state index is -0.315. The first-order valence-corrected chi connectivity index (χ1v) is 9.67. The van der Waals surface area contributed by atoms with Crippen molar-refractivity contribution in [2.75, 3.05) is 7.05 Å². The summed E-state index contributed by atoms with van der Waals surface area (Å²) in [5.74, 6) is -0.466. The monoisotopic (exact) mass is 387 g/mol. The lowest BCUT2D eigenvalue weighted by Crippen LogP contribution is -2.24. The molecule has 1 amide bonds. The summed E-state index contributed by atoms with van der Waals surface area (Å²) in [6.07, 6.45) is 4.35. The Hall–Kier alpha value is -3.34. The van der Waals surface area contributed by atoms with Crippen LogP contribution in [0, 0.1) is 5.82 Å². The largest absolute Gasteiger partial charge is 0.328 e. The third-order valence-corrected chi connectivity index (χ3v) is 5.28. The van der Waals surface area contributed by atoms with Crippen LogP contribution in [0.5, 0.6) is 0 Å². The minimum Gasteiger partial charge on any atom is -0.328 e. The maximum atomic E-state index is 14.9. The van der Waals surface area contributed by atoms with E-state index in [2.05, 4.69) is 23.0 Å². The zero-order valence-corrected chi connectivity index (χ0v) is 16.5. The molecule has 0 N–H and O–H groups in total. The second-order valence-corrected chi connectivity index (χ2v) is 7.13. The van der Waals surface area contributed by atoms with E-state index in [0.29, 0.717) is 17.8 Å². The number of benzene rings is 2. The fourth-order valence-corrected chi connectivity index (χ4v) is 3.73. The molecule has 0 radical (unpaired) electrons. The molecule has 0 bridgehead atoms. The molecule has 0 atom stereocenters. The van der Waals surface area contributed by atoms with Crippen LogP contribution < -0.4 is 0 Å². The highest BCUT2D eigenvalue weighted by atomic mass is 19.1. The number of hydrogen-bond donors (Lipinski definition) is 0. The van der Waals surface area contributed by atoms with Crippen molar-refractivity contribution in [3.05, 3.63) is 88.5 Å². The quantitative estimate of drug-likeness (QED) is 0.598. The number of pyridine rings is 1. The number of rotatable bonds is 5. The molecule has 0 saturated heterocycles. The van der Waals surface area contributed by atoms with Gasteiger partial charge in [-0.1, -0.05) is 37.3 Å². The Balaban J connectivity index is 1.58. The van der Waals surface area contributed by atoms with Crippen molar-refractivity contribution in [3.8, 4) is 11.1 Å². The summed E-state index contributed by atoms with van der Waals surface area (Å²) in [5.41, 5.74) is 5.84. The van der Waals surface area contributed by atoms with Gasteiger partial charge in [-0.15, -0.1) is 0 Å². The summed E-state index contributed by atoms with van der Waals surface area (Å²) in [6.45, 7) is 2.79. The van der Waals surface area contributed by atoms with Gasteiger partial charge in [-0.3, -0.25) is 14.8 Å². The Kier molecular flexibility index (Phi) is 5.21. The molecule has 0 aliphatic carbocycles. The molecule has 2 heterocycles. The molecule has 4 rings (SSSR count). The molecule has 1 aliphatic heterocycles. The number of carbonyl (C=O) groups excluding carboxylic acids is 1. The Morgan fingerprint density at radius 3 is 2.59 bits per heavy atom. The molecule has 2 aromatic carbocycles. The van der Waals surface area contributed by atoms with Gasteiger partial charge in [0.05, 0.1) is 0 Å². The van der Waals surface area contributed by atoms with Crippen molar-refractivity contribution in [3.63, 3.8) is 0 Å². The molecule has 0 unspecified atom stereocenters. The van der Waals surface area contributed by atoms with E-state index < -0.39 is 0 Å². The van der Waals surface area contributed by atoms with Crippen molar-refractivity contribution in [1.82, 2.24) is 9.88 Å². The molecule has 0 saturated carbocycles. The average molecular weight is 387 g/mol. The smallest absolute Gasteiger partial charge is 0.273 e. The highest BCUT2D eigenvalue weighted by Gasteiger charge is 2.28. The van der Waals surface area contributed by atoms with E-state index in [1.807, 2.05) is 36.5 Å². The Morgan fingerprint density at radius 1 is 1.14 bits per heavy atom. The second-order valence-electron chi connectivity index (χ2n) is 7.13.